The Labute approximate surface area is 120 Å². The lowest BCUT2D eigenvalue weighted by atomic mass is 10.0. The SMILES string of the molecule is CCCNC(c1cnnn1C)C1CC1c1ccccc1. The van der Waals surface area contributed by atoms with Crippen LogP contribution in [-0.4, -0.2) is 21.5 Å². The van der Waals surface area contributed by atoms with Crippen molar-refractivity contribution in [1.29, 1.82) is 0 Å². The molecule has 1 saturated carbocycles. The summed E-state index contributed by atoms with van der Waals surface area (Å²) >= 11 is 0. The van der Waals surface area contributed by atoms with E-state index in [1.54, 1.807) is 0 Å². The minimum atomic E-state index is 0.361. The molecule has 0 amide bonds. The predicted octanol–water partition coefficient (Wildman–Crippen LogP) is 2.66. The molecule has 106 valence electrons. The Morgan fingerprint density at radius 3 is 2.80 bits per heavy atom. The van der Waals surface area contributed by atoms with Gasteiger partial charge in [0.25, 0.3) is 0 Å². The largest absolute Gasteiger partial charge is 0.308 e. The first-order chi connectivity index (χ1) is 9.81. The van der Waals surface area contributed by atoms with E-state index in [2.05, 4.69) is 52.9 Å². The number of rotatable bonds is 6. The summed E-state index contributed by atoms with van der Waals surface area (Å²) < 4.78 is 1.90. The maximum atomic E-state index is 4.08. The van der Waals surface area contributed by atoms with Crippen LogP contribution in [0.3, 0.4) is 0 Å². The lowest BCUT2D eigenvalue weighted by Crippen LogP contribution is -2.26. The number of hydrogen-bond acceptors (Lipinski definition) is 3. The highest BCUT2D eigenvalue weighted by atomic mass is 15.4. The molecule has 0 saturated heterocycles. The molecular weight excluding hydrogens is 248 g/mol. The number of benzene rings is 1. The molecular formula is C16H22N4. The van der Waals surface area contributed by atoms with Gasteiger partial charge in [0.2, 0.25) is 0 Å². The molecule has 0 spiro atoms. The Bertz CT molecular complexity index is 549. The van der Waals surface area contributed by atoms with Crippen molar-refractivity contribution in [1.82, 2.24) is 20.3 Å². The second-order valence-electron chi connectivity index (χ2n) is 5.63. The molecule has 3 atom stereocenters. The fourth-order valence-electron chi connectivity index (χ4n) is 3.02. The van der Waals surface area contributed by atoms with E-state index in [1.807, 2.05) is 17.9 Å². The third kappa shape index (κ3) is 2.61. The zero-order chi connectivity index (χ0) is 13.9. The summed E-state index contributed by atoms with van der Waals surface area (Å²) in [4.78, 5) is 0. The second kappa shape index (κ2) is 5.75. The molecule has 0 radical (unpaired) electrons. The summed E-state index contributed by atoms with van der Waals surface area (Å²) in [5.41, 5.74) is 2.65. The lowest BCUT2D eigenvalue weighted by Gasteiger charge is -2.18. The molecule has 20 heavy (non-hydrogen) atoms. The van der Waals surface area contributed by atoms with Crippen LogP contribution in [-0.2, 0) is 7.05 Å². The zero-order valence-electron chi connectivity index (χ0n) is 12.2. The maximum Gasteiger partial charge on any atom is 0.0756 e. The Morgan fingerprint density at radius 1 is 1.35 bits per heavy atom. The molecule has 0 aliphatic heterocycles. The minimum absolute atomic E-state index is 0.361. The van der Waals surface area contributed by atoms with Gasteiger partial charge in [-0.05, 0) is 36.8 Å². The van der Waals surface area contributed by atoms with Gasteiger partial charge >= 0.3 is 0 Å². The van der Waals surface area contributed by atoms with Gasteiger partial charge in [-0.1, -0.05) is 42.5 Å². The van der Waals surface area contributed by atoms with Crippen LogP contribution in [0.4, 0.5) is 0 Å². The van der Waals surface area contributed by atoms with E-state index in [0.29, 0.717) is 17.9 Å². The van der Waals surface area contributed by atoms with Crippen LogP contribution in [0.15, 0.2) is 36.5 Å². The summed E-state index contributed by atoms with van der Waals surface area (Å²) in [5, 5.41) is 11.8. The van der Waals surface area contributed by atoms with E-state index in [-0.39, 0.29) is 0 Å². The van der Waals surface area contributed by atoms with Crippen LogP contribution in [0.25, 0.3) is 0 Å². The van der Waals surface area contributed by atoms with Crippen LogP contribution in [0.5, 0.6) is 0 Å². The van der Waals surface area contributed by atoms with Crippen molar-refractivity contribution >= 4 is 0 Å². The summed E-state index contributed by atoms with van der Waals surface area (Å²) in [6.07, 6.45) is 4.29. The molecule has 1 fully saturated rings. The van der Waals surface area contributed by atoms with Crippen molar-refractivity contribution < 1.29 is 0 Å². The fourth-order valence-corrected chi connectivity index (χ4v) is 3.02. The monoisotopic (exact) mass is 270 g/mol. The molecule has 0 bridgehead atoms. The van der Waals surface area contributed by atoms with Crippen LogP contribution in [0, 0.1) is 5.92 Å². The van der Waals surface area contributed by atoms with Crippen molar-refractivity contribution in [3.05, 3.63) is 47.8 Å². The Morgan fingerprint density at radius 2 is 2.15 bits per heavy atom. The normalized spacial score (nSPS) is 22.7. The molecule has 3 unspecified atom stereocenters. The molecule has 1 heterocycles. The molecule has 1 N–H and O–H groups in total. The van der Waals surface area contributed by atoms with Gasteiger partial charge in [-0.2, -0.15) is 0 Å². The lowest BCUT2D eigenvalue weighted by molar-refractivity contribution is 0.443. The summed E-state index contributed by atoms with van der Waals surface area (Å²) in [7, 11) is 1.98. The molecule has 1 aliphatic carbocycles. The van der Waals surface area contributed by atoms with Crippen LogP contribution in [0.1, 0.15) is 43.0 Å². The number of nitrogens with zero attached hydrogens (tertiary/aromatic N) is 3. The van der Waals surface area contributed by atoms with Crippen LogP contribution >= 0.6 is 0 Å². The van der Waals surface area contributed by atoms with Gasteiger partial charge in [0.1, 0.15) is 0 Å². The van der Waals surface area contributed by atoms with Gasteiger partial charge in [-0.25, -0.2) is 0 Å². The first-order valence-corrected chi connectivity index (χ1v) is 7.44. The van der Waals surface area contributed by atoms with Crippen molar-refractivity contribution in [2.24, 2.45) is 13.0 Å². The number of nitrogens with one attached hydrogen (secondary N) is 1. The summed E-state index contributed by atoms with van der Waals surface area (Å²) in [5.74, 6) is 1.32. The van der Waals surface area contributed by atoms with E-state index >= 15 is 0 Å². The first-order valence-electron chi connectivity index (χ1n) is 7.44. The summed E-state index contributed by atoms with van der Waals surface area (Å²) in [6, 6.07) is 11.2. The van der Waals surface area contributed by atoms with Gasteiger partial charge in [0.15, 0.2) is 0 Å². The standard InChI is InChI=1S/C16H22N4/c1-3-9-17-16(15-11-18-19-20(15)2)14-10-13(14)12-7-5-4-6-8-12/h4-8,11,13-14,16-17H,3,9-10H2,1-2H3. The molecule has 1 aliphatic rings. The third-order valence-corrected chi connectivity index (χ3v) is 4.18. The fraction of sp³-hybridized carbons (Fsp3) is 0.500. The average molecular weight is 270 g/mol. The molecule has 3 rings (SSSR count). The van der Waals surface area contributed by atoms with E-state index in [0.717, 1.165) is 13.0 Å². The average Bonchev–Trinajstić information content (AvgIpc) is 3.16. The van der Waals surface area contributed by atoms with Crippen LogP contribution in [0.2, 0.25) is 0 Å². The van der Waals surface area contributed by atoms with Crippen LogP contribution < -0.4 is 5.32 Å². The van der Waals surface area contributed by atoms with Crippen molar-refractivity contribution in [2.45, 2.75) is 31.7 Å². The number of hydrogen-bond donors (Lipinski definition) is 1. The van der Waals surface area contributed by atoms with E-state index in [9.17, 15) is 0 Å². The van der Waals surface area contributed by atoms with Crippen molar-refractivity contribution in [2.75, 3.05) is 6.54 Å². The van der Waals surface area contributed by atoms with Gasteiger partial charge in [0, 0.05) is 7.05 Å². The second-order valence-corrected chi connectivity index (χ2v) is 5.63. The van der Waals surface area contributed by atoms with Gasteiger partial charge in [-0.3, -0.25) is 4.68 Å². The Hall–Kier alpha value is -1.68. The Kier molecular flexibility index (Phi) is 3.83. The quantitative estimate of drug-likeness (QED) is 0.877. The highest BCUT2D eigenvalue weighted by Gasteiger charge is 2.45. The molecule has 2 aromatic rings. The Balaban J connectivity index is 1.77. The number of aromatic nitrogens is 3. The van der Waals surface area contributed by atoms with Crippen molar-refractivity contribution in [3.63, 3.8) is 0 Å². The molecule has 4 heteroatoms. The molecule has 4 nitrogen and oxygen atoms in total. The van der Waals surface area contributed by atoms with E-state index in [4.69, 9.17) is 0 Å². The maximum absolute atomic E-state index is 4.08. The predicted molar refractivity (Wildman–Crippen MR) is 79.3 cm³/mol. The zero-order valence-corrected chi connectivity index (χ0v) is 12.2. The minimum Gasteiger partial charge on any atom is -0.308 e. The smallest absolute Gasteiger partial charge is 0.0756 e. The highest BCUT2D eigenvalue weighted by Crippen LogP contribution is 2.53. The third-order valence-electron chi connectivity index (χ3n) is 4.18. The van der Waals surface area contributed by atoms with E-state index in [1.165, 1.54) is 17.7 Å². The highest BCUT2D eigenvalue weighted by molar-refractivity contribution is 5.28. The van der Waals surface area contributed by atoms with Gasteiger partial charge in [0.05, 0.1) is 17.9 Å². The first kappa shape index (κ1) is 13.3. The van der Waals surface area contributed by atoms with Crippen molar-refractivity contribution in [3.8, 4) is 0 Å². The van der Waals surface area contributed by atoms with Gasteiger partial charge < -0.3 is 5.32 Å². The molecule has 1 aromatic heterocycles. The topological polar surface area (TPSA) is 42.7 Å². The summed E-state index contributed by atoms with van der Waals surface area (Å²) in [6.45, 7) is 3.24. The van der Waals surface area contributed by atoms with E-state index < -0.39 is 0 Å². The molecule has 1 aromatic carbocycles. The number of aryl methyl sites for hydroxylation is 1. The van der Waals surface area contributed by atoms with Gasteiger partial charge in [-0.15, -0.1) is 5.10 Å².